The predicted molar refractivity (Wildman–Crippen MR) is 165 cm³/mol. The van der Waals surface area contributed by atoms with Crippen LogP contribution >= 0.6 is 0 Å². The molecule has 0 aliphatic carbocycles. The molecule has 0 radical (unpaired) electrons. The van der Waals surface area contributed by atoms with Crippen LogP contribution in [-0.4, -0.2) is 69.9 Å². The molecule has 1 fully saturated rings. The Balaban J connectivity index is 1.04. The van der Waals surface area contributed by atoms with Crippen LogP contribution in [0.4, 0.5) is 8.78 Å². The maximum Gasteiger partial charge on any atom is 0.254 e. The van der Waals surface area contributed by atoms with E-state index in [2.05, 4.69) is 32.1 Å². The van der Waals surface area contributed by atoms with Gasteiger partial charge in [0.15, 0.2) is 11.6 Å². The lowest BCUT2D eigenvalue weighted by Gasteiger charge is -2.33. The molecule has 1 aliphatic rings. The molecule has 1 amide bonds. The number of hydrazone groups is 1. The van der Waals surface area contributed by atoms with Crippen molar-refractivity contribution in [3.8, 4) is 22.9 Å². The number of nitrogens with zero attached hydrogens (tertiary/aromatic N) is 5. The van der Waals surface area contributed by atoms with Crippen LogP contribution in [0.15, 0.2) is 82.4 Å². The molecule has 0 saturated carbocycles. The molecular weight excluding hydrogens is 582 g/mol. The number of phenols is 1. The Bertz CT molecular complexity index is 1670. The highest BCUT2D eigenvalue weighted by molar-refractivity contribution is 5.86. The van der Waals surface area contributed by atoms with Gasteiger partial charge in [0.1, 0.15) is 18.1 Å². The minimum atomic E-state index is -0.956. The van der Waals surface area contributed by atoms with E-state index in [1.54, 1.807) is 6.07 Å². The summed E-state index contributed by atoms with van der Waals surface area (Å²) in [6.45, 7) is 9.50. The van der Waals surface area contributed by atoms with Crippen LogP contribution in [-0.2, 0) is 24.4 Å². The normalized spacial score (nSPS) is 14.1. The van der Waals surface area contributed by atoms with Crippen molar-refractivity contribution in [1.82, 2.24) is 25.4 Å². The number of carbonyl (C=O) groups excluding carboxylic acids is 1. The van der Waals surface area contributed by atoms with Gasteiger partial charge in [0, 0.05) is 43.4 Å². The molecule has 10 nitrogen and oxygen atoms in total. The van der Waals surface area contributed by atoms with Gasteiger partial charge in [-0.25, -0.2) is 14.2 Å². The third kappa shape index (κ3) is 8.80. The number of piperazine rings is 1. The van der Waals surface area contributed by atoms with E-state index in [1.807, 2.05) is 48.2 Å². The quantitative estimate of drug-likeness (QED) is 0.134. The fraction of sp³-hybridized carbons (Fsp3) is 0.273. The summed E-state index contributed by atoms with van der Waals surface area (Å²) in [6.07, 6.45) is 2.00. The minimum Gasteiger partial charge on any atom is -0.507 e. The zero-order valence-electron chi connectivity index (χ0n) is 24.9. The Labute approximate surface area is 259 Å². The number of aromatic hydroxyl groups is 1. The molecule has 0 unspecified atom stereocenters. The molecule has 5 rings (SSSR count). The van der Waals surface area contributed by atoms with Crippen molar-refractivity contribution in [2.45, 2.75) is 26.5 Å². The van der Waals surface area contributed by atoms with E-state index in [-0.39, 0.29) is 30.6 Å². The second-order valence-corrected chi connectivity index (χ2v) is 10.9. The van der Waals surface area contributed by atoms with Gasteiger partial charge in [0.2, 0.25) is 11.7 Å². The predicted octanol–water partition coefficient (Wildman–Crippen LogP) is 4.69. The highest BCUT2D eigenvalue weighted by atomic mass is 19.2. The SMILES string of the molecule is C=C(C)Cc1cccc(C=NNC(=O)CN2CCN(Cc3nc(-c4ccc(COc5ccc(F)c(F)c5)cc4)no3)CC2)c1O. The molecule has 12 heteroatoms. The maximum atomic E-state index is 13.4. The van der Waals surface area contributed by atoms with E-state index in [4.69, 9.17) is 9.26 Å². The van der Waals surface area contributed by atoms with Gasteiger partial charge in [-0.1, -0.05) is 53.7 Å². The van der Waals surface area contributed by atoms with E-state index in [0.29, 0.717) is 43.3 Å². The summed E-state index contributed by atoms with van der Waals surface area (Å²) in [7, 11) is 0. The Morgan fingerprint density at radius 2 is 1.84 bits per heavy atom. The Morgan fingerprint density at radius 1 is 1.09 bits per heavy atom. The summed E-state index contributed by atoms with van der Waals surface area (Å²) in [5.74, 6) is -0.783. The molecule has 0 spiro atoms. The van der Waals surface area contributed by atoms with Gasteiger partial charge in [-0.2, -0.15) is 10.1 Å². The number of para-hydroxylation sites is 1. The molecule has 3 aromatic carbocycles. The number of ether oxygens (including phenoxy) is 1. The van der Waals surface area contributed by atoms with Crippen molar-refractivity contribution in [3.05, 3.63) is 107 Å². The van der Waals surface area contributed by atoms with Crippen molar-refractivity contribution in [2.24, 2.45) is 5.10 Å². The molecule has 1 saturated heterocycles. The largest absolute Gasteiger partial charge is 0.507 e. The molecule has 2 N–H and O–H groups in total. The molecule has 1 aromatic heterocycles. The number of rotatable bonds is 12. The number of carbonyl (C=O) groups is 1. The summed E-state index contributed by atoms with van der Waals surface area (Å²) in [5.41, 5.74) is 6.37. The third-order valence-electron chi connectivity index (χ3n) is 7.20. The van der Waals surface area contributed by atoms with Crippen molar-refractivity contribution < 1.29 is 27.9 Å². The number of halogens is 2. The highest BCUT2D eigenvalue weighted by Gasteiger charge is 2.21. The van der Waals surface area contributed by atoms with Gasteiger partial charge in [0.05, 0.1) is 19.3 Å². The molecule has 1 aliphatic heterocycles. The Morgan fingerprint density at radius 3 is 2.58 bits per heavy atom. The number of allylic oxidation sites excluding steroid dienone is 1. The molecular formula is C33H34F2N6O4. The lowest BCUT2D eigenvalue weighted by atomic mass is 10.0. The first-order chi connectivity index (χ1) is 21.7. The smallest absolute Gasteiger partial charge is 0.254 e. The van der Waals surface area contributed by atoms with E-state index in [1.165, 1.54) is 12.3 Å². The average molecular weight is 617 g/mol. The molecule has 0 bridgehead atoms. The second kappa shape index (κ2) is 14.7. The Kier molecular flexibility index (Phi) is 10.3. The van der Waals surface area contributed by atoms with E-state index in [9.17, 15) is 18.7 Å². The zero-order chi connectivity index (χ0) is 31.8. The van der Waals surface area contributed by atoms with Crippen molar-refractivity contribution in [1.29, 1.82) is 0 Å². The van der Waals surface area contributed by atoms with Gasteiger partial charge >= 0.3 is 0 Å². The number of hydrogen-bond acceptors (Lipinski definition) is 9. The topological polar surface area (TPSA) is 116 Å². The van der Waals surface area contributed by atoms with Gasteiger partial charge in [-0.15, -0.1) is 0 Å². The van der Waals surface area contributed by atoms with Crippen LogP contribution < -0.4 is 10.2 Å². The zero-order valence-corrected chi connectivity index (χ0v) is 24.9. The molecule has 234 valence electrons. The minimum absolute atomic E-state index is 0.130. The van der Waals surface area contributed by atoms with Gasteiger partial charge in [0.25, 0.3) is 5.91 Å². The van der Waals surface area contributed by atoms with Crippen LogP contribution in [0.3, 0.4) is 0 Å². The molecule has 2 heterocycles. The van der Waals surface area contributed by atoms with Crippen LogP contribution in [0.2, 0.25) is 0 Å². The summed E-state index contributed by atoms with van der Waals surface area (Å²) < 4.78 is 37.5. The van der Waals surface area contributed by atoms with Crippen LogP contribution in [0.1, 0.15) is 29.5 Å². The molecule has 45 heavy (non-hydrogen) atoms. The van der Waals surface area contributed by atoms with Crippen LogP contribution in [0, 0.1) is 11.6 Å². The number of nitrogens with one attached hydrogen (secondary N) is 1. The number of phenolic OH excluding ortho intramolecular Hbond substituents is 1. The van der Waals surface area contributed by atoms with Crippen LogP contribution in [0.25, 0.3) is 11.4 Å². The van der Waals surface area contributed by atoms with E-state index < -0.39 is 11.6 Å². The summed E-state index contributed by atoms with van der Waals surface area (Å²) in [5, 5.41) is 18.6. The van der Waals surface area contributed by atoms with Gasteiger partial charge in [-0.05, 0) is 42.7 Å². The van der Waals surface area contributed by atoms with Crippen molar-refractivity contribution in [2.75, 3.05) is 32.7 Å². The monoisotopic (exact) mass is 616 g/mol. The third-order valence-corrected chi connectivity index (χ3v) is 7.20. The van der Waals surface area contributed by atoms with Gasteiger partial charge in [-0.3, -0.25) is 14.6 Å². The first kappa shape index (κ1) is 31.5. The molecule has 0 atom stereocenters. The fourth-order valence-electron chi connectivity index (χ4n) is 4.81. The van der Waals surface area contributed by atoms with Crippen LogP contribution in [0.5, 0.6) is 11.5 Å². The lowest BCUT2D eigenvalue weighted by molar-refractivity contribution is -0.122. The highest BCUT2D eigenvalue weighted by Crippen LogP contribution is 2.23. The first-order valence-corrected chi connectivity index (χ1v) is 14.4. The average Bonchev–Trinajstić information content (AvgIpc) is 3.49. The van der Waals surface area contributed by atoms with Crippen molar-refractivity contribution in [3.63, 3.8) is 0 Å². The number of aromatic nitrogens is 2. The van der Waals surface area contributed by atoms with E-state index >= 15 is 0 Å². The second-order valence-electron chi connectivity index (χ2n) is 10.9. The van der Waals surface area contributed by atoms with E-state index in [0.717, 1.165) is 47.5 Å². The fourth-order valence-corrected chi connectivity index (χ4v) is 4.81. The Hall–Kier alpha value is -4.94. The standard InChI is InChI=1S/C33H34F2N6O4/c1-22(2)16-25-4-3-5-26(32(25)43)18-36-38-30(42)19-40-12-14-41(15-13-40)20-31-37-33(39-45-31)24-8-6-23(7-9-24)21-44-27-10-11-28(34)29(35)17-27/h3-11,17-18,43H,1,12-16,19-21H2,2H3,(H,38,42). The summed E-state index contributed by atoms with van der Waals surface area (Å²) in [6, 6.07) is 16.2. The number of amides is 1. The lowest BCUT2D eigenvalue weighted by Crippen LogP contribution is -2.48. The number of benzene rings is 3. The molecule has 4 aromatic rings. The van der Waals surface area contributed by atoms with Gasteiger partial charge < -0.3 is 14.4 Å². The first-order valence-electron chi connectivity index (χ1n) is 14.4. The summed E-state index contributed by atoms with van der Waals surface area (Å²) in [4.78, 5) is 21.2. The van der Waals surface area contributed by atoms with Crippen molar-refractivity contribution >= 4 is 12.1 Å². The number of hydrogen-bond donors (Lipinski definition) is 2. The maximum absolute atomic E-state index is 13.4. The summed E-state index contributed by atoms with van der Waals surface area (Å²) >= 11 is 0.